The van der Waals surface area contributed by atoms with E-state index in [1.54, 1.807) is 38.1 Å². The third kappa shape index (κ3) is 7.58. The molecule has 0 aliphatic carbocycles. The largest absolute Gasteiger partial charge is 0.456 e. The van der Waals surface area contributed by atoms with Gasteiger partial charge in [0.05, 0.1) is 23.0 Å². The standard InChI is InChI=1S/C24H28O11S2/c1-15-5-9-19(10-6-15)36(27,28)31-13-21-23(33-17(3)25)24(34-18(4)26)22(35-21)14-32-37(29,30)20-11-7-16(2)8-12-20/h5-12,21-24H,13-14H2,1-4H3/t21-,22-,23-,24-/m1/s1. The molecule has 0 N–H and O–H groups in total. The first-order chi connectivity index (χ1) is 17.3. The Morgan fingerprint density at radius 2 is 1.00 bits per heavy atom. The summed E-state index contributed by atoms with van der Waals surface area (Å²) in [7, 11) is -8.41. The first-order valence-electron chi connectivity index (χ1n) is 11.2. The van der Waals surface area contributed by atoms with Gasteiger partial charge in [0.25, 0.3) is 20.2 Å². The average Bonchev–Trinajstić information content (AvgIpc) is 3.12. The van der Waals surface area contributed by atoms with Crippen molar-refractivity contribution in [3.8, 4) is 0 Å². The summed E-state index contributed by atoms with van der Waals surface area (Å²) in [5.41, 5.74) is 1.70. The Labute approximate surface area is 215 Å². The van der Waals surface area contributed by atoms with E-state index in [1.165, 1.54) is 24.3 Å². The van der Waals surface area contributed by atoms with Crippen LogP contribution in [0, 0.1) is 13.8 Å². The highest BCUT2D eigenvalue weighted by Gasteiger charge is 2.50. The van der Waals surface area contributed by atoms with Gasteiger partial charge in [-0.1, -0.05) is 35.4 Å². The van der Waals surface area contributed by atoms with Crippen molar-refractivity contribution in [3.63, 3.8) is 0 Å². The van der Waals surface area contributed by atoms with Gasteiger partial charge in [0, 0.05) is 13.8 Å². The molecule has 13 heteroatoms. The summed E-state index contributed by atoms with van der Waals surface area (Å²) in [5, 5.41) is 0. The number of esters is 2. The van der Waals surface area contributed by atoms with Crippen LogP contribution in [-0.4, -0.2) is 66.4 Å². The van der Waals surface area contributed by atoms with Crippen molar-refractivity contribution >= 4 is 32.2 Å². The van der Waals surface area contributed by atoms with Gasteiger partial charge in [0.2, 0.25) is 0 Å². The minimum Gasteiger partial charge on any atom is -0.456 e. The van der Waals surface area contributed by atoms with Gasteiger partial charge >= 0.3 is 11.9 Å². The van der Waals surface area contributed by atoms with Gasteiger partial charge in [0.15, 0.2) is 12.2 Å². The van der Waals surface area contributed by atoms with Gasteiger partial charge in [-0.25, -0.2) is 0 Å². The highest BCUT2D eigenvalue weighted by atomic mass is 32.2. The Balaban J connectivity index is 1.80. The quantitative estimate of drug-likeness (QED) is 0.313. The Hall–Kier alpha value is -2.84. The predicted octanol–water partition coefficient (Wildman–Crippen LogP) is 2.05. The highest BCUT2D eigenvalue weighted by Crippen LogP contribution is 2.30. The smallest absolute Gasteiger partial charge is 0.303 e. The molecule has 1 heterocycles. The Kier molecular flexibility index (Phi) is 9.08. The molecule has 0 saturated carbocycles. The van der Waals surface area contributed by atoms with E-state index in [-0.39, 0.29) is 9.79 Å². The lowest BCUT2D eigenvalue weighted by atomic mass is 10.1. The van der Waals surface area contributed by atoms with Crippen molar-refractivity contribution < 1.29 is 49.0 Å². The third-order valence-corrected chi connectivity index (χ3v) is 8.00. The number of benzene rings is 2. The summed E-state index contributed by atoms with van der Waals surface area (Å²) in [6.45, 7) is 4.60. The molecule has 3 rings (SSSR count). The molecule has 37 heavy (non-hydrogen) atoms. The van der Waals surface area contributed by atoms with Crippen LogP contribution >= 0.6 is 0 Å². The van der Waals surface area contributed by atoms with E-state index < -0.39 is 69.8 Å². The van der Waals surface area contributed by atoms with Crippen LogP contribution in [-0.2, 0) is 52.4 Å². The minimum atomic E-state index is -4.20. The van der Waals surface area contributed by atoms with Crippen LogP contribution in [0.4, 0.5) is 0 Å². The summed E-state index contributed by atoms with van der Waals surface area (Å²) >= 11 is 0. The van der Waals surface area contributed by atoms with E-state index in [1.807, 2.05) is 0 Å². The highest BCUT2D eigenvalue weighted by molar-refractivity contribution is 7.87. The molecule has 1 fully saturated rings. The minimum absolute atomic E-state index is 0.0965. The van der Waals surface area contributed by atoms with Gasteiger partial charge in [-0.2, -0.15) is 16.8 Å². The molecular weight excluding hydrogens is 528 g/mol. The zero-order valence-electron chi connectivity index (χ0n) is 20.6. The second kappa shape index (κ2) is 11.7. The van der Waals surface area contributed by atoms with E-state index >= 15 is 0 Å². The van der Waals surface area contributed by atoms with Crippen molar-refractivity contribution in [1.29, 1.82) is 0 Å². The molecule has 202 valence electrons. The lowest BCUT2D eigenvalue weighted by molar-refractivity contribution is -0.164. The molecule has 1 aliphatic heterocycles. The summed E-state index contributed by atoms with van der Waals surface area (Å²) in [6.07, 6.45) is -5.01. The van der Waals surface area contributed by atoms with Crippen molar-refractivity contribution in [2.75, 3.05) is 13.2 Å². The van der Waals surface area contributed by atoms with Gasteiger partial charge < -0.3 is 14.2 Å². The summed E-state index contributed by atoms with van der Waals surface area (Å²) < 4.78 is 77.1. The molecular formula is C24H28O11S2. The number of carbonyl (C=O) groups excluding carboxylic acids is 2. The molecule has 0 bridgehead atoms. The van der Waals surface area contributed by atoms with Crippen LogP contribution in [0.15, 0.2) is 58.3 Å². The van der Waals surface area contributed by atoms with Crippen LogP contribution in [0.2, 0.25) is 0 Å². The Morgan fingerprint density at radius 1 is 0.676 bits per heavy atom. The van der Waals surface area contributed by atoms with Crippen molar-refractivity contribution in [3.05, 3.63) is 59.7 Å². The normalized spacial score (nSPS) is 21.9. The number of ether oxygens (including phenoxy) is 3. The van der Waals surface area contributed by atoms with E-state index in [4.69, 9.17) is 22.6 Å². The Bertz CT molecular complexity index is 1210. The maximum absolute atomic E-state index is 12.6. The van der Waals surface area contributed by atoms with Gasteiger partial charge in [0.1, 0.15) is 12.2 Å². The third-order valence-electron chi connectivity index (χ3n) is 5.40. The summed E-state index contributed by atoms with van der Waals surface area (Å²) in [6, 6.07) is 11.9. The zero-order chi connectivity index (χ0) is 27.4. The first kappa shape index (κ1) is 28.7. The van der Waals surface area contributed by atoms with Crippen molar-refractivity contribution in [1.82, 2.24) is 0 Å². The van der Waals surface area contributed by atoms with Crippen LogP contribution in [0.1, 0.15) is 25.0 Å². The first-order valence-corrected chi connectivity index (χ1v) is 14.0. The fourth-order valence-corrected chi connectivity index (χ4v) is 5.44. The van der Waals surface area contributed by atoms with E-state index in [2.05, 4.69) is 0 Å². The molecule has 0 radical (unpaired) electrons. The molecule has 11 nitrogen and oxygen atoms in total. The molecule has 0 aromatic heterocycles. The van der Waals surface area contributed by atoms with Gasteiger partial charge in [-0.05, 0) is 38.1 Å². The number of hydrogen-bond acceptors (Lipinski definition) is 11. The van der Waals surface area contributed by atoms with Crippen molar-refractivity contribution in [2.45, 2.75) is 61.9 Å². The maximum Gasteiger partial charge on any atom is 0.303 e. The number of hydrogen-bond donors (Lipinski definition) is 0. The van der Waals surface area contributed by atoms with Crippen LogP contribution in [0.3, 0.4) is 0 Å². The monoisotopic (exact) mass is 556 g/mol. The second-order valence-electron chi connectivity index (χ2n) is 8.46. The van der Waals surface area contributed by atoms with Crippen molar-refractivity contribution in [2.24, 2.45) is 0 Å². The fourth-order valence-electron chi connectivity index (χ4n) is 3.60. The zero-order valence-corrected chi connectivity index (χ0v) is 22.3. The number of aryl methyl sites for hydroxylation is 2. The SMILES string of the molecule is CC(=O)O[C@H]1[C@H](OC(C)=O)[C@@H](COS(=O)(=O)c2ccc(C)cc2)O[C@@H]1COS(=O)(=O)c1ccc(C)cc1. The molecule has 2 aromatic rings. The summed E-state index contributed by atoms with van der Waals surface area (Å²) in [4.78, 5) is 23.3. The topological polar surface area (TPSA) is 149 Å². The lowest BCUT2D eigenvalue weighted by Crippen LogP contribution is -2.42. The Morgan fingerprint density at radius 3 is 1.30 bits per heavy atom. The van der Waals surface area contributed by atoms with E-state index in [0.29, 0.717) is 0 Å². The van der Waals surface area contributed by atoms with Crippen LogP contribution in [0.25, 0.3) is 0 Å². The molecule has 1 aliphatic rings. The van der Waals surface area contributed by atoms with Gasteiger partial charge in [-0.15, -0.1) is 0 Å². The fraction of sp³-hybridized carbons (Fsp3) is 0.417. The van der Waals surface area contributed by atoms with Crippen LogP contribution in [0.5, 0.6) is 0 Å². The lowest BCUT2D eigenvalue weighted by Gasteiger charge is -2.23. The molecule has 4 atom stereocenters. The maximum atomic E-state index is 12.6. The van der Waals surface area contributed by atoms with E-state index in [9.17, 15) is 26.4 Å². The molecule has 2 aromatic carbocycles. The predicted molar refractivity (Wildman–Crippen MR) is 128 cm³/mol. The molecule has 0 spiro atoms. The average molecular weight is 557 g/mol. The van der Waals surface area contributed by atoms with Gasteiger partial charge in [-0.3, -0.25) is 18.0 Å². The molecule has 1 saturated heterocycles. The number of rotatable bonds is 10. The molecule has 0 unspecified atom stereocenters. The number of carbonyl (C=O) groups is 2. The molecule has 0 amide bonds. The van der Waals surface area contributed by atoms with E-state index in [0.717, 1.165) is 25.0 Å². The summed E-state index contributed by atoms with van der Waals surface area (Å²) in [5.74, 6) is -1.52. The second-order valence-corrected chi connectivity index (χ2v) is 11.7. The van der Waals surface area contributed by atoms with Crippen LogP contribution < -0.4 is 0 Å².